The van der Waals surface area contributed by atoms with Gasteiger partial charge in [0.05, 0.1) is 0 Å². The lowest BCUT2D eigenvalue weighted by Gasteiger charge is -2.20. The van der Waals surface area contributed by atoms with Crippen molar-refractivity contribution in [2.75, 3.05) is 19.6 Å². The maximum atomic E-state index is 2.70. The first kappa shape index (κ1) is 36.0. The summed E-state index contributed by atoms with van der Waals surface area (Å²) in [5.41, 5.74) is 0. The van der Waals surface area contributed by atoms with Crippen LogP contribution in [-0.2, 0) is 0 Å². The summed E-state index contributed by atoms with van der Waals surface area (Å²) in [5, 5.41) is 0. The molecule has 0 N–H and O–H groups in total. The van der Waals surface area contributed by atoms with Crippen molar-refractivity contribution >= 4 is 0 Å². The van der Waals surface area contributed by atoms with Gasteiger partial charge < -0.3 is 4.90 Å². The van der Waals surface area contributed by atoms with Crippen molar-refractivity contribution in [1.29, 1.82) is 0 Å². The zero-order valence-electron chi connectivity index (χ0n) is 26.1. The summed E-state index contributed by atoms with van der Waals surface area (Å²) in [5.74, 6) is 0. The normalized spacial score (nSPS) is 11.7. The Bertz CT molecular complexity index is 366. The minimum Gasteiger partial charge on any atom is -0.304 e. The molecule has 0 saturated carbocycles. The first-order valence-corrected chi connectivity index (χ1v) is 17.6. The number of hydrogen-bond donors (Lipinski definition) is 0. The summed E-state index contributed by atoms with van der Waals surface area (Å²) in [6.07, 6.45) is 42.4. The molecule has 0 fully saturated rings. The minimum atomic E-state index is 1.25. The van der Waals surface area contributed by atoms with Gasteiger partial charge in [0.15, 0.2) is 0 Å². The fourth-order valence-corrected chi connectivity index (χ4v) is 5.66. The van der Waals surface area contributed by atoms with Gasteiger partial charge in [0.1, 0.15) is 0 Å². The zero-order valence-corrected chi connectivity index (χ0v) is 26.1. The van der Waals surface area contributed by atoms with Crippen LogP contribution in [0.25, 0.3) is 0 Å². The van der Waals surface area contributed by atoms with Crippen LogP contribution in [0.2, 0.25) is 0 Å². The molecule has 0 spiro atoms. The Balaban J connectivity index is 3.21. The summed E-state index contributed by atoms with van der Waals surface area (Å²) in [6.45, 7) is 10.9. The largest absolute Gasteiger partial charge is 0.304 e. The number of nitrogens with zero attached hydrogens (tertiary/aromatic N) is 1. The van der Waals surface area contributed by atoms with Gasteiger partial charge in [0.25, 0.3) is 0 Å². The molecule has 1 heteroatoms. The van der Waals surface area contributed by atoms with Gasteiger partial charge in [0, 0.05) is 0 Å². The van der Waals surface area contributed by atoms with E-state index in [4.69, 9.17) is 0 Å². The minimum absolute atomic E-state index is 1.25. The Kier molecular flexibility index (Phi) is 33.0. The second-order valence-corrected chi connectivity index (χ2v) is 12.0. The smallest absolute Gasteiger partial charge is 0.00189 e. The predicted molar refractivity (Wildman–Crippen MR) is 167 cm³/mol. The van der Waals surface area contributed by atoms with Crippen molar-refractivity contribution in [3.63, 3.8) is 0 Å². The predicted octanol–water partition coefficient (Wildman–Crippen LogP) is 12.7. The Labute approximate surface area is 231 Å². The molecule has 0 aliphatic heterocycles. The molecular formula is C35H73N. The first-order valence-electron chi connectivity index (χ1n) is 17.6. The molecule has 0 amide bonds. The molecule has 0 aromatic rings. The van der Waals surface area contributed by atoms with Crippen LogP contribution in [0.1, 0.15) is 207 Å². The number of rotatable bonds is 32. The van der Waals surface area contributed by atoms with Crippen molar-refractivity contribution in [2.45, 2.75) is 207 Å². The third kappa shape index (κ3) is 30.2. The van der Waals surface area contributed by atoms with Crippen LogP contribution < -0.4 is 0 Å². The number of unbranched alkanes of at least 4 members (excludes halogenated alkanes) is 27. The number of hydrogen-bond acceptors (Lipinski definition) is 1. The first-order chi connectivity index (χ1) is 17.8. The highest BCUT2D eigenvalue weighted by atomic mass is 15.1. The molecule has 0 atom stereocenters. The highest BCUT2D eigenvalue weighted by Crippen LogP contribution is 2.15. The van der Waals surface area contributed by atoms with Crippen LogP contribution in [0.5, 0.6) is 0 Å². The van der Waals surface area contributed by atoms with E-state index in [1.54, 1.807) is 0 Å². The van der Waals surface area contributed by atoms with E-state index in [1.807, 2.05) is 0 Å². The van der Waals surface area contributed by atoms with E-state index in [-0.39, 0.29) is 0 Å². The molecule has 0 aromatic carbocycles. The molecular weight excluding hydrogens is 434 g/mol. The van der Waals surface area contributed by atoms with Crippen molar-refractivity contribution < 1.29 is 0 Å². The third-order valence-electron chi connectivity index (χ3n) is 8.35. The van der Waals surface area contributed by atoms with Crippen LogP contribution in [0, 0.1) is 0 Å². The van der Waals surface area contributed by atoms with Gasteiger partial charge >= 0.3 is 0 Å². The molecule has 218 valence electrons. The van der Waals surface area contributed by atoms with Gasteiger partial charge in [-0.25, -0.2) is 0 Å². The summed E-state index contributed by atoms with van der Waals surface area (Å²) in [6, 6.07) is 0. The highest BCUT2D eigenvalue weighted by molar-refractivity contribution is 4.58. The molecule has 0 aromatic heterocycles. The summed E-state index contributed by atoms with van der Waals surface area (Å²) in [4.78, 5) is 2.70. The fourth-order valence-electron chi connectivity index (χ4n) is 5.66. The monoisotopic (exact) mass is 508 g/mol. The SMILES string of the molecule is CCCCCCCCCCCCCCCCCCCCCCN(CC)CCCCCCCCCCC. The van der Waals surface area contributed by atoms with Gasteiger partial charge in [-0.1, -0.05) is 194 Å². The van der Waals surface area contributed by atoms with E-state index in [0.29, 0.717) is 0 Å². The average molecular weight is 508 g/mol. The highest BCUT2D eigenvalue weighted by Gasteiger charge is 2.02. The average Bonchev–Trinajstić information content (AvgIpc) is 2.89. The summed E-state index contributed by atoms with van der Waals surface area (Å²) >= 11 is 0. The van der Waals surface area contributed by atoms with Gasteiger partial charge in [-0.2, -0.15) is 0 Å². The van der Waals surface area contributed by atoms with E-state index >= 15 is 0 Å². The maximum absolute atomic E-state index is 2.70. The molecule has 0 bridgehead atoms. The van der Waals surface area contributed by atoms with Crippen molar-refractivity contribution in [2.24, 2.45) is 0 Å². The molecule has 0 aliphatic rings. The Hall–Kier alpha value is -0.0400. The van der Waals surface area contributed by atoms with Gasteiger partial charge in [-0.3, -0.25) is 0 Å². The summed E-state index contributed by atoms with van der Waals surface area (Å²) < 4.78 is 0. The van der Waals surface area contributed by atoms with Crippen molar-refractivity contribution in [3.05, 3.63) is 0 Å². The van der Waals surface area contributed by atoms with E-state index in [1.165, 1.54) is 206 Å². The van der Waals surface area contributed by atoms with Gasteiger partial charge in [0.2, 0.25) is 0 Å². The molecule has 0 radical (unpaired) electrons. The molecule has 0 unspecified atom stereocenters. The Morgan fingerprint density at radius 2 is 0.444 bits per heavy atom. The zero-order chi connectivity index (χ0) is 26.2. The van der Waals surface area contributed by atoms with E-state index in [0.717, 1.165) is 0 Å². The molecule has 0 heterocycles. The molecule has 36 heavy (non-hydrogen) atoms. The fraction of sp³-hybridized carbons (Fsp3) is 1.00. The lowest BCUT2D eigenvalue weighted by Crippen LogP contribution is -2.25. The van der Waals surface area contributed by atoms with Crippen molar-refractivity contribution in [3.8, 4) is 0 Å². The standard InChI is InChI=1S/C35H73N/c1-4-7-9-11-13-15-16-17-18-19-20-21-22-23-24-25-27-29-31-33-35-36(6-3)34-32-30-28-26-14-12-10-8-5-2/h4-35H2,1-3H3. The van der Waals surface area contributed by atoms with Gasteiger partial charge in [-0.15, -0.1) is 0 Å². The Morgan fingerprint density at radius 3 is 0.639 bits per heavy atom. The second kappa shape index (κ2) is 33.0. The summed E-state index contributed by atoms with van der Waals surface area (Å²) in [7, 11) is 0. The van der Waals surface area contributed by atoms with E-state index in [2.05, 4.69) is 25.7 Å². The van der Waals surface area contributed by atoms with Gasteiger partial charge in [-0.05, 0) is 32.5 Å². The van der Waals surface area contributed by atoms with E-state index in [9.17, 15) is 0 Å². The molecule has 0 aliphatic carbocycles. The van der Waals surface area contributed by atoms with Crippen molar-refractivity contribution in [1.82, 2.24) is 4.90 Å². The third-order valence-corrected chi connectivity index (χ3v) is 8.35. The Morgan fingerprint density at radius 1 is 0.250 bits per heavy atom. The lowest BCUT2D eigenvalue weighted by atomic mass is 10.0. The van der Waals surface area contributed by atoms with Crippen LogP contribution in [0.3, 0.4) is 0 Å². The molecule has 1 nitrogen and oxygen atoms in total. The van der Waals surface area contributed by atoms with E-state index < -0.39 is 0 Å². The topological polar surface area (TPSA) is 3.24 Å². The molecule has 0 rings (SSSR count). The second-order valence-electron chi connectivity index (χ2n) is 12.0. The van der Waals surface area contributed by atoms with Crippen LogP contribution >= 0.6 is 0 Å². The maximum Gasteiger partial charge on any atom is -0.00189 e. The molecule has 0 saturated heterocycles. The quantitative estimate of drug-likeness (QED) is 0.0818. The lowest BCUT2D eigenvalue weighted by molar-refractivity contribution is 0.273. The van der Waals surface area contributed by atoms with Crippen LogP contribution in [-0.4, -0.2) is 24.5 Å². The van der Waals surface area contributed by atoms with Crippen LogP contribution in [0.15, 0.2) is 0 Å². The van der Waals surface area contributed by atoms with Crippen LogP contribution in [0.4, 0.5) is 0 Å².